The first-order chi connectivity index (χ1) is 10.8. The molecule has 0 saturated heterocycles. The van der Waals surface area contributed by atoms with Gasteiger partial charge in [0.05, 0.1) is 0 Å². The van der Waals surface area contributed by atoms with Gasteiger partial charge in [-0.25, -0.2) is 0 Å². The Hall–Kier alpha value is -1.24. The number of hydrogen-bond acceptors (Lipinski definition) is 0. The first kappa shape index (κ1) is 13.2. The topological polar surface area (TPSA) is 4.93 Å². The van der Waals surface area contributed by atoms with E-state index in [0.29, 0.717) is 5.54 Å². The first-order valence-electron chi connectivity index (χ1n) is 9.37. The summed E-state index contributed by atoms with van der Waals surface area (Å²) >= 11 is 0. The van der Waals surface area contributed by atoms with Gasteiger partial charge < -0.3 is 4.57 Å². The number of para-hydroxylation sites is 1. The minimum atomic E-state index is 0.461. The van der Waals surface area contributed by atoms with Crippen molar-refractivity contribution in [1.29, 1.82) is 0 Å². The molecule has 116 valence electrons. The van der Waals surface area contributed by atoms with Crippen molar-refractivity contribution in [2.75, 3.05) is 0 Å². The standard InChI is InChI=1S/C21H27N/c1-2-5-19-11-18-6-3-4-7-20(18)22(19)21-12-15-8-16(13-21)10-17(9-15)14-21/h3-4,6-7,11,15-17H,2,5,8-10,12-14H2,1H3. The predicted molar refractivity (Wildman–Crippen MR) is 92.1 cm³/mol. The molecule has 1 aromatic heterocycles. The molecule has 22 heavy (non-hydrogen) atoms. The summed E-state index contributed by atoms with van der Waals surface area (Å²) in [5.74, 6) is 3.05. The van der Waals surface area contributed by atoms with E-state index in [0.717, 1.165) is 17.8 Å². The lowest BCUT2D eigenvalue weighted by atomic mass is 9.53. The normalized spacial score (nSPS) is 36.3. The van der Waals surface area contributed by atoms with Crippen molar-refractivity contribution >= 4 is 10.9 Å². The van der Waals surface area contributed by atoms with Crippen molar-refractivity contribution in [3.05, 3.63) is 36.0 Å². The van der Waals surface area contributed by atoms with E-state index < -0.39 is 0 Å². The number of nitrogens with zero attached hydrogens (tertiary/aromatic N) is 1. The van der Waals surface area contributed by atoms with E-state index in [2.05, 4.69) is 41.8 Å². The second-order valence-corrected chi connectivity index (χ2v) is 8.42. The van der Waals surface area contributed by atoms with Crippen molar-refractivity contribution < 1.29 is 0 Å². The minimum Gasteiger partial charge on any atom is -0.338 e. The molecule has 6 rings (SSSR count). The van der Waals surface area contributed by atoms with E-state index in [-0.39, 0.29) is 0 Å². The maximum atomic E-state index is 2.83. The van der Waals surface area contributed by atoms with E-state index in [4.69, 9.17) is 0 Å². The average molecular weight is 293 g/mol. The summed E-state index contributed by atoms with van der Waals surface area (Å²) in [6.45, 7) is 2.32. The van der Waals surface area contributed by atoms with Gasteiger partial charge in [-0.1, -0.05) is 31.5 Å². The van der Waals surface area contributed by atoms with Crippen molar-refractivity contribution in [3.8, 4) is 0 Å². The molecule has 0 radical (unpaired) electrons. The second-order valence-electron chi connectivity index (χ2n) is 8.42. The SMILES string of the molecule is CCCc1cc2ccccc2n1C12CC3CC(CC(C3)C1)C2. The van der Waals surface area contributed by atoms with Gasteiger partial charge in [-0.3, -0.25) is 0 Å². The van der Waals surface area contributed by atoms with Crippen LogP contribution in [-0.4, -0.2) is 4.57 Å². The lowest BCUT2D eigenvalue weighted by Crippen LogP contribution is -2.52. The Bertz CT molecular complexity index is 672. The van der Waals surface area contributed by atoms with E-state index >= 15 is 0 Å². The summed E-state index contributed by atoms with van der Waals surface area (Å²) in [6.07, 6.45) is 11.4. The van der Waals surface area contributed by atoms with Crippen LogP contribution in [0.4, 0.5) is 0 Å². The van der Waals surface area contributed by atoms with Gasteiger partial charge in [0, 0.05) is 16.7 Å². The fourth-order valence-corrected chi connectivity index (χ4v) is 6.55. The van der Waals surface area contributed by atoms with Crippen LogP contribution in [0.2, 0.25) is 0 Å². The number of benzene rings is 1. The molecule has 4 bridgehead atoms. The molecular formula is C21H27N. The number of rotatable bonds is 3. The van der Waals surface area contributed by atoms with Gasteiger partial charge in [0.25, 0.3) is 0 Å². The smallest absolute Gasteiger partial charge is 0.0487 e. The van der Waals surface area contributed by atoms with Gasteiger partial charge in [-0.15, -0.1) is 0 Å². The highest BCUT2D eigenvalue weighted by atomic mass is 15.1. The average Bonchev–Trinajstić information content (AvgIpc) is 2.84. The zero-order chi connectivity index (χ0) is 14.7. The zero-order valence-corrected chi connectivity index (χ0v) is 13.7. The Morgan fingerprint density at radius 3 is 2.27 bits per heavy atom. The Morgan fingerprint density at radius 2 is 1.64 bits per heavy atom. The van der Waals surface area contributed by atoms with Crippen molar-refractivity contribution in [1.82, 2.24) is 4.57 Å². The second kappa shape index (κ2) is 4.63. The van der Waals surface area contributed by atoms with Crippen molar-refractivity contribution in [2.24, 2.45) is 17.8 Å². The lowest BCUT2D eigenvalue weighted by molar-refractivity contribution is -0.0419. The summed E-state index contributed by atoms with van der Waals surface area (Å²) in [7, 11) is 0. The molecule has 1 nitrogen and oxygen atoms in total. The Kier molecular flexibility index (Phi) is 2.78. The van der Waals surface area contributed by atoms with Gasteiger partial charge in [0.2, 0.25) is 0 Å². The van der Waals surface area contributed by atoms with Gasteiger partial charge >= 0.3 is 0 Å². The molecule has 4 aliphatic rings. The van der Waals surface area contributed by atoms with Crippen LogP contribution in [0.25, 0.3) is 10.9 Å². The Balaban J connectivity index is 1.70. The highest BCUT2D eigenvalue weighted by Crippen LogP contribution is 2.59. The molecule has 4 aliphatic carbocycles. The summed E-state index contributed by atoms with van der Waals surface area (Å²) in [4.78, 5) is 0. The molecule has 4 fully saturated rings. The van der Waals surface area contributed by atoms with Gasteiger partial charge in [-0.2, -0.15) is 0 Å². The van der Waals surface area contributed by atoms with Crippen LogP contribution < -0.4 is 0 Å². The fraction of sp³-hybridized carbons (Fsp3) is 0.619. The molecule has 0 atom stereocenters. The summed E-state index contributed by atoms with van der Waals surface area (Å²) in [5.41, 5.74) is 3.57. The third kappa shape index (κ3) is 1.77. The van der Waals surface area contributed by atoms with Gasteiger partial charge in [-0.05, 0) is 80.2 Å². The van der Waals surface area contributed by atoms with Gasteiger partial charge in [0.15, 0.2) is 0 Å². The van der Waals surface area contributed by atoms with Crippen LogP contribution >= 0.6 is 0 Å². The van der Waals surface area contributed by atoms with E-state index in [1.54, 1.807) is 5.69 Å². The van der Waals surface area contributed by atoms with Crippen LogP contribution in [0, 0.1) is 17.8 Å². The van der Waals surface area contributed by atoms with Crippen LogP contribution in [0.1, 0.15) is 57.6 Å². The highest BCUT2D eigenvalue weighted by molar-refractivity contribution is 5.81. The van der Waals surface area contributed by atoms with Crippen LogP contribution in [-0.2, 0) is 12.0 Å². The van der Waals surface area contributed by atoms with Crippen LogP contribution in [0.3, 0.4) is 0 Å². The molecule has 2 aromatic rings. The molecule has 1 heterocycles. The van der Waals surface area contributed by atoms with Crippen LogP contribution in [0.15, 0.2) is 30.3 Å². The number of fused-ring (bicyclic) bond motifs is 1. The molecule has 1 heteroatoms. The molecule has 0 spiro atoms. The zero-order valence-electron chi connectivity index (χ0n) is 13.7. The molecule has 0 aliphatic heterocycles. The summed E-state index contributed by atoms with van der Waals surface area (Å²) < 4.78 is 2.83. The largest absolute Gasteiger partial charge is 0.338 e. The molecule has 0 amide bonds. The quantitative estimate of drug-likeness (QED) is 0.702. The molecule has 0 N–H and O–H groups in total. The number of aryl methyl sites for hydroxylation is 1. The maximum Gasteiger partial charge on any atom is 0.0487 e. The molecule has 0 unspecified atom stereocenters. The molecule has 4 saturated carbocycles. The van der Waals surface area contributed by atoms with Gasteiger partial charge in [0.1, 0.15) is 0 Å². The van der Waals surface area contributed by atoms with E-state index in [1.165, 1.54) is 62.3 Å². The summed E-state index contributed by atoms with van der Waals surface area (Å²) in [6, 6.07) is 11.6. The first-order valence-corrected chi connectivity index (χ1v) is 9.37. The number of hydrogen-bond donors (Lipinski definition) is 0. The van der Waals surface area contributed by atoms with E-state index in [9.17, 15) is 0 Å². The maximum absolute atomic E-state index is 2.83. The third-order valence-electron chi connectivity index (χ3n) is 6.77. The Morgan fingerprint density at radius 1 is 1.00 bits per heavy atom. The monoisotopic (exact) mass is 293 g/mol. The summed E-state index contributed by atoms with van der Waals surface area (Å²) in [5, 5.41) is 1.46. The van der Waals surface area contributed by atoms with E-state index in [1.807, 2.05) is 0 Å². The van der Waals surface area contributed by atoms with Crippen LogP contribution in [0.5, 0.6) is 0 Å². The van der Waals surface area contributed by atoms with Crippen molar-refractivity contribution in [3.63, 3.8) is 0 Å². The predicted octanol–water partition coefficient (Wildman–Crippen LogP) is 5.52. The van der Waals surface area contributed by atoms with Crippen molar-refractivity contribution in [2.45, 2.75) is 63.8 Å². The number of aromatic nitrogens is 1. The lowest BCUT2D eigenvalue weighted by Gasteiger charge is -2.58. The molecule has 1 aromatic carbocycles. The fourth-order valence-electron chi connectivity index (χ4n) is 6.55. The minimum absolute atomic E-state index is 0.461. The molecular weight excluding hydrogens is 266 g/mol. The highest BCUT2D eigenvalue weighted by Gasteiger charge is 2.52. The third-order valence-corrected chi connectivity index (χ3v) is 6.77. The Labute approximate surface area is 133 Å².